The van der Waals surface area contributed by atoms with Crippen LogP contribution in [0.2, 0.25) is 5.15 Å². The molecular weight excluding hydrogens is 255 g/mol. The summed E-state index contributed by atoms with van der Waals surface area (Å²) in [5, 5.41) is 4.02. The highest BCUT2D eigenvalue weighted by Crippen LogP contribution is 2.33. The van der Waals surface area contributed by atoms with Crippen molar-refractivity contribution in [3.8, 4) is 0 Å². The maximum absolute atomic E-state index is 12.7. The molecule has 0 fully saturated rings. The van der Waals surface area contributed by atoms with Gasteiger partial charge in [0.1, 0.15) is 5.15 Å². The van der Waals surface area contributed by atoms with Crippen molar-refractivity contribution in [2.45, 2.75) is 26.4 Å². The maximum atomic E-state index is 12.7. The standard InChI is InChI=1S/C10H9ClF3N3/c1-3-6-4-7-15-8(10(12,13)14)5(2)9(11)17(7)16-6/h4H,3H2,1-2H3. The van der Waals surface area contributed by atoms with E-state index in [0.717, 1.165) is 0 Å². The van der Waals surface area contributed by atoms with E-state index in [2.05, 4.69) is 10.1 Å². The highest BCUT2D eigenvalue weighted by Gasteiger charge is 2.36. The van der Waals surface area contributed by atoms with Crippen molar-refractivity contribution < 1.29 is 13.2 Å². The van der Waals surface area contributed by atoms with Crippen molar-refractivity contribution in [3.63, 3.8) is 0 Å². The Morgan fingerprint density at radius 2 is 2.06 bits per heavy atom. The van der Waals surface area contributed by atoms with Crippen molar-refractivity contribution in [2.24, 2.45) is 0 Å². The lowest BCUT2D eigenvalue weighted by Gasteiger charge is -2.10. The van der Waals surface area contributed by atoms with E-state index in [1.165, 1.54) is 17.5 Å². The van der Waals surface area contributed by atoms with Crippen LogP contribution in [0.15, 0.2) is 6.07 Å². The molecule has 2 aromatic heterocycles. The Bertz CT molecular complexity index is 574. The molecule has 0 N–H and O–H groups in total. The van der Waals surface area contributed by atoms with E-state index >= 15 is 0 Å². The third kappa shape index (κ3) is 1.97. The second-order valence-electron chi connectivity index (χ2n) is 3.63. The van der Waals surface area contributed by atoms with Crippen LogP contribution in [-0.4, -0.2) is 14.6 Å². The number of nitrogens with zero attached hydrogens (tertiary/aromatic N) is 3. The van der Waals surface area contributed by atoms with E-state index in [9.17, 15) is 13.2 Å². The Morgan fingerprint density at radius 1 is 1.41 bits per heavy atom. The van der Waals surface area contributed by atoms with E-state index in [-0.39, 0.29) is 16.4 Å². The normalized spacial score (nSPS) is 12.4. The zero-order valence-corrected chi connectivity index (χ0v) is 9.89. The summed E-state index contributed by atoms with van der Waals surface area (Å²) in [4.78, 5) is 3.57. The first-order valence-electron chi connectivity index (χ1n) is 4.96. The minimum Gasteiger partial charge on any atom is -0.224 e. The van der Waals surface area contributed by atoms with Crippen LogP contribution in [0.5, 0.6) is 0 Å². The van der Waals surface area contributed by atoms with E-state index in [1.807, 2.05) is 6.92 Å². The zero-order valence-electron chi connectivity index (χ0n) is 9.14. The monoisotopic (exact) mass is 263 g/mol. The lowest BCUT2D eigenvalue weighted by Crippen LogP contribution is -2.13. The number of aryl methyl sites for hydroxylation is 1. The number of alkyl halides is 3. The molecule has 0 spiro atoms. The fraction of sp³-hybridized carbons (Fsp3) is 0.400. The quantitative estimate of drug-likeness (QED) is 0.739. The molecule has 2 aromatic rings. The van der Waals surface area contributed by atoms with Gasteiger partial charge < -0.3 is 0 Å². The van der Waals surface area contributed by atoms with Crippen LogP contribution in [0.1, 0.15) is 23.9 Å². The van der Waals surface area contributed by atoms with Crippen LogP contribution in [0.4, 0.5) is 13.2 Å². The van der Waals surface area contributed by atoms with Crippen molar-refractivity contribution in [1.29, 1.82) is 0 Å². The van der Waals surface area contributed by atoms with Gasteiger partial charge in [0.05, 0.1) is 5.69 Å². The van der Waals surface area contributed by atoms with Gasteiger partial charge in [0.2, 0.25) is 0 Å². The predicted molar refractivity (Wildman–Crippen MR) is 57.1 cm³/mol. The minimum atomic E-state index is -4.51. The van der Waals surface area contributed by atoms with Gasteiger partial charge in [-0.25, -0.2) is 9.50 Å². The van der Waals surface area contributed by atoms with Crippen LogP contribution in [0.25, 0.3) is 5.65 Å². The molecule has 0 atom stereocenters. The lowest BCUT2D eigenvalue weighted by molar-refractivity contribution is -0.141. The van der Waals surface area contributed by atoms with Crippen LogP contribution in [-0.2, 0) is 12.6 Å². The number of aromatic nitrogens is 3. The summed E-state index contributed by atoms with van der Waals surface area (Å²) >= 11 is 5.87. The Hall–Kier alpha value is -1.30. The molecule has 0 aliphatic rings. The Kier molecular flexibility index (Phi) is 2.77. The maximum Gasteiger partial charge on any atom is 0.433 e. The van der Waals surface area contributed by atoms with Gasteiger partial charge in [-0.15, -0.1) is 0 Å². The molecule has 0 amide bonds. The molecule has 2 heterocycles. The second kappa shape index (κ2) is 3.87. The summed E-state index contributed by atoms with van der Waals surface area (Å²) in [6.45, 7) is 3.14. The zero-order chi connectivity index (χ0) is 12.8. The highest BCUT2D eigenvalue weighted by molar-refractivity contribution is 6.30. The molecule has 0 saturated carbocycles. The van der Waals surface area contributed by atoms with Crippen molar-refractivity contribution in [2.75, 3.05) is 0 Å². The summed E-state index contributed by atoms with van der Waals surface area (Å²) in [6, 6.07) is 1.50. The van der Waals surface area contributed by atoms with Crippen LogP contribution < -0.4 is 0 Å². The first-order chi connectivity index (χ1) is 7.84. The SMILES string of the molecule is CCc1cc2nc(C(F)(F)F)c(C)c(Cl)n2n1. The fourth-order valence-electron chi connectivity index (χ4n) is 1.55. The number of fused-ring (bicyclic) bond motifs is 1. The molecule has 0 aromatic carbocycles. The third-order valence-electron chi connectivity index (χ3n) is 2.45. The van der Waals surface area contributed by atoms with Gasteiger partial charge in [-0.1, -0.05) is 18.5 Å². The minimum absolute atomic E-state index is 0.0537. The highest BCUT2D eigenvalue weighted by atomic mass is 35.5. The summed E-state index contributed by atoms with van der Waals surface area (Å²) in [5.41, 5.74) is -0.308. The van der Waals surface area contributed by atoms with Crippen molar-refractivity contribution in [1.82, 2.24) is 14.6 Å². The average molecular weight is 264 g/mol. The van der Waals surface area contributed by atoms with Crippen LogP contribution >= 0.6 is 11.6 Å². The van der Waals surface area contributed by atoms with Crippen LogP contribution in [0.3, 0.4) is 0 Å². The van der Waals surface area contributed by atoms with Gasteiger partial charge in [-0.2, -0.15) is 18.3 Å². The molecule has 0 saturated heterocycles. The smallest absolute Gasteiger partial charge is 0.224 e. The van der Waals surface area contributed by atoms with E-state index < -0.39 is 11.9 Å². The molecule has 3 nitrogen and oxygen atoms in total. The molecule has 0 radical (unpaired) electrons. The fourth-order valence-corrected chi connectivity index (χ4v) is 1.76. The summed E-state index contributed by atoms with van der Waals surface area (Å²) in [5.74, 6) is 0. The number of hydrogen-bond acceptors (Lipinski definition) is 2. The largest absolute Gasteiger partial charge is 0.433 e. The van der Waals surface area contributed by atoms with Gasteiger partial charge in [-0.3, -0.25) is 0 Å². The Morgan fingerprint density at radius 3 is 2.59 bits per heavy atom. The summed E-state index contributed by atoms with van der Waals surface area (Å²) < 4.78 is 39.3. The first-order valence-corrected chi connectivity index (χ1v) is 5.34. The molecule has 17 heavy (non-hydrogen) atoms. The molecule has 0 aliphatic carbocycles. The molecular formula is C10H9ClF3N3. The second-order valence-corrected chi connectivity index (χ2v) is 3.99. The molecule has 0 unspecified atom stereocenters. The van der Waals surface area contributed by atoms with Gasteiger partial charge in [-0.05, 0) is 13.3 Å². The predicted octanol–water partition coefficient (Wildman–Crippen LogP) is 3.27. The average Bonchev–Trinajstić information content (AvgIpc) is 2.65. The number of rotatable bonds is 1. The topological polar surface area (TPSA) is 30.2 Å². The van der Waals surface area contributed by atoms with Gasteiger partial charge in [0, 0.05) is 11.6 Å². The van der Waals surface area contributed by atoms with E-state index in [1.54, 1.807) is 0 Å². The molecule has 92 valence electrons. The number of hydrogen-bond donors (Lipinski definition) is 0. The summed E-state index contributed by atoms with van der Waals surface area (Å²) in [6.07, 6.45) is -3.90. The number of halogens is 4. The summed E-state index contributed by atoms with van der Waals surface area (Å²) in [7, 11) is 0. The van der Waals surface area contributed by atoms with Crippen molar-refractivity contribution in [3.05, 3.63) is 28.2 Å². The third-order valence-corrected chi connectivity index (χ3v) is 2.89. The molecule has 2 rings (SSSR count). The Labute approximate surface area is 100 Å². The van der Waals surface area contributed by atoms with Gasteiger partial charge in [0.25, 0.3) is 0 Å². The van der Waals surface area contributed by atoms with Crippen molar-refractivity contribution >= 4 is 17.2 Å². The van der Waals surface area contributed by atoms with Gasteiger partial charge >= 0.3 is 6.18 Å². The Balaban J connectivity index is 2.77. The lowest BCUT2D eigenvalue weighted by atomic mass is 10.2. The van der Waals surface area contributed by atoms with E-state index in [4.69, 9.17) is 11.6 Å². The van der Waals surface area contributed by atoms with Gasteiger partial charge in [0.15, 0.2) is 11.3 Å². The molecule has 7 heteroatoms. The first kappa shape index (κ1) is 12.2. The molecule has 0 aliphatic heterocycles. The molecule has 0 bridgehead atoms. The van der Waals surface area contributed by atoms with Crippen LogP contribution in [0, 0.1) is 6.92 Å². The van der Waals surface area contributed by atoms with E-state index in [0.29, 0.717) is 12.1 Å².